The van der Waals surface area contributed by atoms with Crippen LogP contribution in [0.5, 0.6) is 5.88 Å². The number of pyridine rings is 1. The summed E-state index contributed by atoms with van der Waals surface area (Å²) in [6, 6.07) is 3.01. The van der Waals surface area contributed by atoms with E-state index in [4.69, 9.17) is 4.74 Å². The van der Waals surface area contributed by atoms with Gasteiger partial charge in [-0.25, -0.2) is 0 Å². The van der Waals surface area contributed by atoms with E-state index in [1.54, 1.807) is 13.1 Å². The fraction of sp³-hybridized carbons (Fsp3) is 0.643. The van der Waals surface area contributed by atoms with Crippen LogP contribution in [0.1, 0.15) is 39.5 Å². The molecule has 0 amide bonds. The summed E-state index contributed by atoms with van der Waals surface area (Å²) >= 11 is 0. The van der Waals surface area contributed by atoms with Crippen LogP contribution in [0, 0.1) is 15.5 Å². The number of nitrogens with one attached hydrogen (secondary N) is 1. The first-order valence-corrected chi connectivity index (χ1v) is 6.91. The Morgan fingerprint density at radius 2 is 2.05 bits per heavy atom. The Balaban J connectivity index is 2.14. The normalized spacial score (nSPS) is 18.6. The van der Waals surface area contributed by atoms with Gasteiger partial charge in [-0.15, -0.1) is 0 Å². The first kappa shape index (κ1) is 14.6. The molecule has 1 aliphatic rings. The molecule has 0 atom stereocenters. The summed E-state index contributed by atoms with van der Waals surface area (Å²) in [6.07, 6.45) is 3.97. The summed E-state index contributed by atoms with van der Waals surface area (Å²) in [6.45, 7) is 4.48. The number of anilines is 1. The molecule has 20 heavy (non-hydrogen) atoms. The second-order valence-electron chi connectivity index (χ2n) is 6.01. The molecule has 1 saturated carbocycles. The maximum absolute atomic E-state index is 11.0. The van der Waals surface area contributed by atoms with Gasteiger partial charge in [-0.2, -0.15) is 4.98 Å². The highest BCUT2D eigenvalue weighted by molar-refractivity contribution is 5.48. The van der Waals surface area contributed by atoms with Crippen molar-refractivity contribution < 1.29 is 9.66 Å². The fourth-order valence-corrected chi connectivity index (χ4v) is 2.45. The predicted molar refractivity (Wildman–Crippen MR) is 77.1 cm³/mol. The van der Waals surface area contributed by atoms with Crippen LogP contribution < -0.4 is 10.1 Å². The van der Waals surface area contributed by atoms with E-state index in [1.807, 2.05) is 0 Å². The van der Waals surface area contributed by atoms with E-state index in [0.717, 1.165) is 25.7 Å². The van der Waals surface area contributed by atoms with E-state index in [9.17, 15) is 10.1 Å². The van der Waals surface area contributed by atoms with Crippen molar-refractivity contribution >= 4 is 11.5 Å². The average molecular weight is 279 g/mol. The number of nitro groups is 1. The smallest absolute Gasteiger partial charge is 0.331 e. The largest absolute Gasteiger partial charge is 0.469 e. The first-order valence-electron chi connectivity index (χ1n) is 6.91. The number of nitrogens with zero attached hydrogens (tertiary/aromatic N) is 2. The minimum absolute atomic E-state index is 0.0151. The summed E-state index contributed by atoms with van der Waals surface area (Å²) in [5.41, 5.74) is 0.264. The van der Waals surface area contributed by atoms with Crippen molar-refractivity contribution in [2.24, 2.45) is 5.41 Å². The lowest BCUT2D eigenvalue weighted by atomic mass is 9.76. The molecule has 1 aliphatic carbocycles. The standard InChI is InChI=1S/C14H21N3O3/c1-14(2)8-6-10(7-9-14)20-13-11(17(18)19)4-5-12(15-3)16-13/h4-5,10H,6-9H2,1-3H3,(H,15,16). The van der Waals surface area contributed by atoms with Crippen molar-refractivity contribution in [3.8, 4) is 5.88 Å². The van der Waals surface area contributed by atoms with Crippen LogP contribution in [-0.4, -0.2) is 23.1 Å². The highest BCUT2D eigenvalue weighted by atomic mass is 16.6. The van der Waals surface area contributed by atoms with Crippen LogP contribution in [0.4, 0.5) is 11.5 Å². The number of hydrogen-bond acceptors (Lipinski definition) is 5. The Kier molecular flexibility index (Phi) is 4.11. The van der Waals surface area contributed by atoms with Crippen LogP contribution >= 0.6 is 0 Å². The average Bonchev–Trinajstić information content (AvgIpc) is 2.40. The van der Waals surface area contributed by atoms with Gasteiger partial charge in [0, 0.05) is 13.1 Å². The SMILES string of the molecule is CNc1ccc([N+](=O)[O-])c(OC2CCC(C)(C)CC2)n1. The Hall–Kier alpha value is -1.85. The van der Waals surface area contributed by atoms with Gasteiger partial charge in [0.1, 0.15) is 11.9 Å². The first-order chi connectivity index (χ1) is 9.41. The third-order valence-corrected chi connectivity index (χ3v) is 3.86. The molecule has 1 fully saturated rings. The Bertz CT molecular complexity index is 492. The lowest BCUT2D eigenvalue weighted by Crippen LogP contribution is -2.28. The zero-order valence-corrected chi connectivity index (χ0v) is 12.2. The summed E-state index contributed by atoms with van der Waals surface area (Å²) in [5, 5.41) is 13.9. The van der Waals surface area contributed by atoms with Gasteiger partial charge >= 0.3 is 5.69 Å². The summed E-state index contributed by atoms with van der Waals surface area (Å²) < 4.78 is 5.79. The van der Waals surface area contributed by atoms with E-state index < -0.39 is 4.92 Å². The van der Waals surface area contributed by atoms with E-state index >= 15 is 0 Å². The number of aromatic nitrogens is 1. The molecule has 1 aromatic rings. The van der Waals surface area contributed by atoms with Crippen LogP contribution in [0.25, 0.3) is 0 Å². The molecule has 6 heteroatoms. The lowest BCUT2D eigenvalue weighted by Gasteiger charge is -2.33. The zero-order valence-electron chi connectivity index (χ0n) is 12.2. The third kappa shape index (κ3) is 3.37. The van der Waals surface area contributed by atoms with Crippen LogP contribution in [-0.2, 0) is 0 Å². The second-order valence-corrected chi connectivity index (χ2v) is 6.01. The molecule has 0 aromatic carbocycles. The van der Waals surface area contributed by atoms with Crippen molar-refractivity contribution in [1.82, 2.24) is 4.98 Å². The molecule has 0 spiro atoms. The Morgan fingerprint density at radius 3 is 2.60 bits per heavy atom. The number of rotatable bonds is 4. The molecule has 0 radical (unpaired) electrons. The molecule has 2 rings (SSSR count). The van der Waals surface area contributed by atoms with E-state index in [2.05, 4.69) is 24.1 Å². The monoisotopic (exact) mass is 279 g/mol. The van der Waals surface area contributed by atoms with Gasteiger partial charge in [-0.3, -0.25) is 10.1 Å². The lowest BCUT2D eigenvalue weighted by molar-refractivity contribution is -0.386. The molecule has 1 N–H and O–H groups in total. The second kappa shape index (κ2) is 5.64. The van der Waals surface area contributed by atoms with Crippen LogP contribution in [0.15, 0.2) is 12.1 Å². The van der Waals surface area contributed by atoms with Gasteiger partial charge in [0.25, 0.3) is 5.88 Å². The maximum atomic E-state index is 11.0. The van der Waals surface area contributed by atoms with Crippen LogP contribution in [0.3, 0.4) is 0 Å². The molecule has 6 nitrogen and oxygen atoms in total. The molecule has 0 bridgehead atoms. The molecule has 0 aliphatic heterocycles. The highest BCUT2D eigenvalue weighted by Gasteiger charge is 2.29. The van der Waals surface area contributed by atoms with Gasteiger partial charge < -0.3 is 10.1 Å². The molecule has 110 valence electrons. The zero-order chi connectivity index (χ0) is 14.8. The van der Waals surface area contributed by atoms with Gasteiger partial charge in [0.15, 0.2) is 0 Å². The third-order valence-electron chi connectivity index (χ3n) is 3.86. The van der Waals surface area contributed by atoms with Gasteiger partial charge in [-0.05, 0) is 37.2 Å². The summed E-state index contributed by atoms with van der Waals surface area (Å²) in [5.74, 6) is 0.688. The molecular formula is C14H21N3O3. The summed E-state index contributed by atoms with van der Waals surface area (Å²) in [4.78, 5) is 14.7. The predicted octanol–water partition coefficient (Wildman–Crippen LogP) is 3.38. The van der Waals surface area contributed by atoms with E-state index in [1.165, 1.54) is 6.07 Å². The van der Waals surface area contributed by atoms with Crippen molar-refractivity contribution in [1.29, 1.82) is 0 Å². The number of hydrogen-bond donors (Lipinski definition) is 1. The topological polar surface area (TPSA) is 77.3 Å². The Labute approximate surface area is 118 Å². The van der Waals surface area contributed by atoms with Gasteiger partial charge in [0.05, 0.1) is 4.92 Å². The van der Waals surface area contributed by atoms with Crippen molar-refractivity contribution in [3.05, 3.63) is 22.2 Å². The molecule has 1 aromatic heterocycles. The summed E-state index contributed by atoms with van der Waals surface area (Å²) in [7, 11) is 1.72. The number of ether oxygens (including phenoxy) is 1. The van der Waals surface area contributed by atoms with E-state index in [-0.39, 0.29) is 17.7 Å². The molecule has 1 heterocycles. The van der Waals surface area contributed by atoms with Crippen molar-refractivity contribution in [2.45, 2.75) is 45.6 Å². The van der Waals surface area contributed by atoms with Crippen molar-refractivity contribution in [2.75, 3.05) is 12.4 Å². The minimum Gasteiger partial charge on any atom is -0.469 e. The fourth-order valence-electron chi connectivity index (χ4n) is 2.45. The minimum atomic E-state index is -0.450. The van der Waals surface area contributed by atoms with Crippen LogP contribution in [0.2, 0.25) is 0 Å². The van der Waals surface area contributed by atoms with Crippen molar-refractivity contribution in [3.63, 3.8) is 0 Å². The van der Waals surface area contributed by atoms with Gasteiger partial charge in [-0.1, -0.05) is 13.8 Å². The van der Waals surface area contributed by atoms with E-state index in [0.29, 0.717) is 11.2 Å². The Morgan fingerprint density at radius 1 is 1.40 bits per heavy atom. The maximum Gasteiger partial charge on any atom is 0.331 e. The van der Waals surface area contributed by atoms with Gasteiger partial charge in [0.2, 0.25) is 0 Å². The quantitative estimate of drug-likeness (QED) is 0.675. The molecular weight excluding hydrogens is 258 g/mol. The molecule has 0 unspecified atom stereocenters. The molecule has 0 saturated heterocycles. The highest BCUT2D eigenvalue weighted by Crippen LogP contribution is 2.37.